The summed E-state index contributed by atoms with van der Waals surface area (Å²) in [4.78, 5) is 14.4. The van der Waals surface area contributed by atoms with Crippen LogP contribution in [0, 0.1) is 6.92 Å². The fourth-order valence-electron chi connectivity index (χ4n) is 2.78. The van der Waals surface area contributed by atoms with Crippen molar-refractivity contribution >= 4 is 5.91 Å². The summed E-state index contributed by atoms with van der Waals surface area (Å²) in [7, 11) is 0. The average Bonchev–Trinajstić information content (AvgIpc) is 2.58. The molecule has 1 amide bonds. The van der Waals surface area contributed by atoms with Gasteiger partial charge in [0.05, 0.1) is 6.61 Å². The molecule has 0 bridgehead atoms. The summed E-state index contributed by atoms with van der Waals surface area (Å²) in [5.74, 6) is -0.159. The van der Waals surface area contributed by atoms with E-state index in [2.05, 4.69) is 0 Å². The SMILES string of the molecule is Cc1ccc(C(O)[C@H]2OCCN(Cc3ccccc3)C2=O)cc1. The first-order valence-electron chi connectivity index (χ1n) is 7.84. The molecular formula is C19H21NO3. The number of rotatable bonds is 4. The lowest BCUT2D eigenvalue weighted by atomic mass is 10.0. The Bertz CT molecular complexity index is 654. The minimum absolute atomic E-state index is 0.159. The maximum atomic E-state index is 12.7. The number of aryl methyl sites for hydroxylation is 1. The molecule has 0 spiro atoms. The van der Waals surface area contributed by atoms with Gasteiger partial charge in [0.15, 0.2) is 6.10 Å². The van der Waals surface area contributed by atoms with E-state index in [1.165, 1.54) is 0 Å². The van der Waals surface area contributed by atoms with Crippen molar-refractivity contribution in [2.45, 2.75) is 25.7 Å². The lowest BCUT2D eigenvalue weighted by Gasteiger charge is -2.34. The van der Waals surface area contributed by atoms with Crippen LogP contribution in [0.2, 0.25) is 0 Å². The van der Waals surface area contributed by atoms with E-state index in [9.17, 15) is 9.90 Å². The van der Waals surface area contributed by atoms with Crippen molar-refractivity contribution in [3.63, 3.8) is 0 Å². The zero-order valence-corrected chi connectivity index (χ0v) is 13.2. The van der Waals surface area contributed by atoms with E-state index >= 15 is 0 Å². The molecule has 0 aromatic heterocycles. The summed E-state index contributed by atoms with van der Waals surface area (Å²) < 4.78 is 5.56. The van der Waals surface area contributed by atoms with E-state index < -0.39 is 12.2 Å². The molecule has 1 aliphatic heterocycles. The van der Waals surface area contributed by atoms with Gasteiger partial charge in [0, 0.05) is 13.1 Å². The van der Waals surface area contributed by atoms with Gasteiger partial charge in [-0.2, -0.15) is 0 Å². The molecule has 2 atom stereocenters. The Morgan fingerprint density at radius 3 is 2.57 bits per heavy atom. The molecule has 1 unspecified atom stereocenters. The minimum Gasteiger partial charge on any atom is -0.385 e. The number of hydrogen-bond donors (Lipinski definition) is 1. The second kappa shape index (κ2) is 6.94. The maximum absolute atomic E-state index is 12.7. The number of aliphatic hydroxyl groups excluding tert-OH is 1. The van der Waals surface area contributed by atoms with Crippen LogP contribution in [0.15, 0.2) is 54.6 Å². The third-order valence-corrected chi connectivity index (χ3v) is 4.14. The second-order valence-corrected chi connectivity index (χ2v) is 5.89. The molecule has 1 aliphatic rings. The number of carbonyl (C=O) groups is 1. The number of hydrogen-bond acceptors (Lipinski definition) is 3. The van der Waals surface area contributed by atoms with Gasteiger partial charge in [-0.15, -0.1) is 0 Å². The van der Waals surface area contributed by atoms with E-state index in [1.807, 2.05) is 61.5 Å². The van der Waals surface area contributed by atoms with Gasteiger partial charge < -0.3 is 14.7 Å². The summed E-state index contributed by atoms with van der Waals surface area (Å²) in [6, 6.07) is 17.4. The van der Waals surface area contributed by atoms with Gasteiger partial charge >= 0.3 is 0 Å². The number of ether oxygens (including phenoxy) is 1. The predicted molar refractivity (Wildman–Crippen MR) is 87.7 cm³/mol. The minimum atomic E-state index is -0.943. The Kier molecular flexibility index (Phi) is 4.74. The lowest BCUT2D eigenvalue weighted by Crippen LogP contribution is -2.49. The number of nitrogens with zero attached hydrogens (tertiary/aromatic N) is 1. The van der Waals surface area contributed by atoms with Crippen LogP contribution < -0.4 is 0 Å². The zero-order chi connectivity index (χ0) is 16.2. The van der Waals surface area contributed by atoms with E-state index in [0.29, 0.717) is 25.3 Å². The molecule has 0 aliphatic carbocycles. The van der Waals surface area contributed by atoms with Crippen LogP contribution in [0.3, 0.4) is 0 Å². The van der Waals surface area contributed by atoms with Crippen LogP contribution in [0.5, 0.6) is 0 Å². The largest absolute Gasteiger partial charge is 0.385 e. The molecule has 1 saturated heterocycles. The molecule has 1 N–H and O–H groups in total. The first kappa shape index (κ1) is 15.7. The van der Waals surface area contributed by atoms with Crippen LogP contribution in [-0.4, -0.2) is 35.2 Å². The number of carbonyl (C=O) groups excluding carboxylic acids is 1. The third kappa shape index (κ3) is 3.60. The molecule has 2 aromatic carbocycles. The van der Waals surface area contributed by atoms with Crippen molar-refractivity contribution < 1.29 is 14.6 Å². The van der Waals surface area contributed by atoms with Crippen LogP contribution in [0.4, 0.5) is 0 Å². The fourth-order valence-corrected chi connectivity index (χ4v) is 2.78. The van der Waals surface area contributed by atoms with Gasteiger partial charge in [0.25, 0.3) is 5.91 Å². The maximum Gasteiger partial charge on any atom is 0.255 e. The smallest absolute Gasteiger partial charge is 0.255 e. The van der Waals surface area contributed by atoms with Gasteiger partial charge in [-0.05, 0) is 18.1 Å². The third-order valence-electron chi connectivity index (χ3n) is 4.14. The lowest BCUT2D eigenvalue weighted by molar-refractivity contribution is -0.164. The fraction of sp³-hybridized carbons (Fsp3) is 0.316. The van der Waals surface area contributed by atoms with Gasteiger partial charge in [-0.1, -0.05) is 60.2 Å². The molecule has 120 valence electrons. The van der Waals surface area contributed by atoms with E-state index in [4.69, 9.17) is 4.74 Å². The van der Waals surface area contributed by atoms with Crippen LogP contribution >= 0.6 is 0 Å². The van der Waals surface area contributed by atoms with Crippen molar-refractivity contribution in [3.05, 3.63) is 71.3 Å². The number of morpholine rings is 1. The summed E-state index contributed by atoms with van der Waals surface area (Å²) in [5, 5.41) is 10.5. The highest BCUT2D eigenvalue weighted by Gasteiger charge is 2.35. The summed E-state index contributed by atoms with van der Waals surface area (Å²) in [6.45, 7) is 3.51. The first-order valence-corrected chi connectivity index (χ1v) is 7.84. The number of amides is 1. The monoisotopic (exact) mass is 311 g/mol. The summed E-state index contributed by atoms with van der Waals surface area (Å²) >= 11 is 0. The van der Waals surface area contributed by atoms with Crippen LogP contribution in [0.25, 0.3) is 0 Å². The highest BCUT2D eigenvalue weighted by molar-refractivity contribution is 5.82. The quantitative estimate of drug-likeness (QED) is 0.943. The van der Waals surface area contributed by atoms with Crippen molar-refractivity contribution in [1.82, 2.24) is 4.90 Å². The second-order valence-electron chi connectivity index (χ2n) is 5.89. The van der Waals surface area contributed by atoms with Crippen molar-refractivity contribution in [3.8, 4) is 0 Å². The molecule has 4 nitrogen and oxygen atoms in total. The first-order chi connectivity index (χ1) is 11.1. The Labute approximate surface area is 136 Å². The Morgan fingerprint density at radius 1 is 1.17 bits per heavy atom. The van der Waals surface area contributed by atoms with Gasteiger partial charge in [0.1, 0.15) is 6.10 Å². The van der Waals surface area contributed by atoms with E-state index in [-0.39, 0.29) is 5.91 Å². The van der Waals surface area contributed by atoms with E-state index in [0.717, 1.165) is 11.1 Å². The van der Waals surface area contributed by atoms with Crippen LogP contribution in [-0.2, 0) is 16.1 Å². The number of aliphatic hydroxyl groups is 1. The molecule has 0 saturated carbocycles. The Balaban J connectivity index is 1.72. The van der Waals surface area contributed by atoms with Gasteiger partial charge in [0.2, 0.25) is 0 Å². The van der Waals surface area contributed by atoms with Gasteiger partial charge in [-0.3, -0.25) is 4.79 Å². The van der Waals surface area contributed by atoms with E-state index in [1.54, 1.807) is 4.90 Å². The average molecular weight is 311 g/mol. The van der Waals surface area contributed by atoms with Crippen molar-refractivity contribution in [2.24, 2.45) is 0 Å². The topological polar surface area (TPSA) is 49.8 Å². The predicted octanol–water partition coefficient (Wildman–Crippen LogP) is 2.46. The normalized spacial score (nSPS) is 19.7. The highest BCUT2D eigenvalue weighted by Crippen LogP contribution is 2.24. The molecule has 3 rings (SSSR count). The van der Waals surface area contributed by atoms with Crippen molar-refractivity contribution in [2.75, 3.05) is 13.2 Å². The Morgan fingerprint density at radius 2 is 1.87 bits per heavy atom. The zero-order valence-electron chi connectivity index (χ0n) is 13.2. The standard InChI is InChI=1S/C19H21NO3/c1-14-7-9-16(10-8-14)17(21)18-19(22)20(11-12-23-18)13-15-5-3-2-4-6-15/h2-10,17-18,21H,11-13H2,1H3/t17?,18-/m1/s1. The Hall–Kier alpha value is -2.17. The molecular weight excluding hydrogens is 290 g/mol. The van der Waals surface area contributed by atoms with Crippen molar-refractivity contribution in [1.29, 1.82) is 0 Å². The number of benzene rings is 2. The molecule has 23 heavy (non-hydrogen) atoms. The molecule has 1 fully saturated rings. The summed E-state index contributed by atoms with van der Waals surface area (Å²) in [6.07, 6.45) is -1.78. The van der Waals surface area contributed by atoms with Crippen LogP contribution in [0.1, 0.15) is 22.8 Å². The molecule has 4 heteroatoms. The molecule has 0 radical (unpaired) electrons. The van der Waals surface area contributed by atoms with Gasteiger partial charge in [-0.25, -0.2) is 0 Å². The highest BCUT2D eigenvalue weighted by atomic mass is 16.5. The molecule has 1 heterocycles. The molecule has 2 aromatic rings. The summed E-state index contributed by atoms with van der Waals surface area (Å²) in [5.41, 5.74) is 2.89.